The highest BCUT2D eigenvalue weighted by Gasteiger charge is 2.24. The summed E-state index contributed by atoms with van der Waals surface area (Å²) < 4.78 is 0. The van der Waals surface area contributed by atoms with E-state index in [2.05, 4.69) is 23.6 Å². The zero-order chi connectivity index (χ0) is 18.8. The highest BCUT2D eigenvalue weighted by molar-refractivity contribution is 7.80. The summed E-state index contributed by atoms with van der Waals surface area (Å²) in [6.45, 7) is 6.13. The number of rotatable bonds is 2. The fraction of sp³-hybridized carbons (Fsp3) is 0.350. The van der Waals surface area contributed by atoms with Gasteiger partial charge in [0.1, 0.15) is 11.1 Å². The summed E-state index contributed by atoms with van der Waals surface area (Å²) in [5, 5.41) is 16.3. The van der Waals surface area contributed by atoms with E-state index >= 15 is 0 Å². The van der Waals surface area contributed by atoms with Gasteiger partial charge in [-0.1, -0.05) is 24.6 Å². The summed E-state index contributed by atoms with van der Waals surface area (Å²) in [4.78, 5) is 13.7. The van der Waals surface area contributed by atoms with E-state index in [1.807, 2.05) is 26.0 Å². The summed E-state index contributed by atoms with van der Waals surface area (Å²) in [5.74, 6) is 0.394. The molecule has 0 saturated heterocycles. The average molecular weight is 384 g/mol. The van der Waals surface area contributed by atoms with E-state index in [4.69, 9.17) is 12.2 Å². The molecule has 1 unspecified atom stereocenters. The van der Waals surface area contributed by atoms with E-state index < -0.39 is 0 Å². The van der Waals surface area contributed by atoms with E-state index in [0.717, 1.165) is 41.0 Å². The van der Waals surface area contributed by atoms with Gasteiger partial charge in [0.15, 0.2) is 5.11 Å². The third kappa shape index (κ3) is 3.79. The van der Waals surface area contributed by atoms with Gasteiger partial charge in [-0.25, -0.2) is 0 Å². The number of carbonyl (C=O) groups excluding carboxylic acids is 1. The quantitative estimate of drug-likeness (QED) is 0.750. The van der Waals surface area contributed by atoms with Crippen molar-refractivity contribution in [1.82, 2.24) is 5.32 Å². The average Bonchev–Trinajstić information content (AvgIpc) is 2.90. The molecule has 0 spiro atoms. The molecule has 6 heteroatoms. The molecule has 0 fully saturated rings. The number of nitrogens with zero attached hydrogens (tertiary/aromatic N) is 1. The Morgan fingerprint density at radius 3 is 2.85 bits per heavy atom. The van der Waals surface area contributed by atoms with Gasteiger partial charge in [-0.2, -0.15) is 5.26 Å². The number of carbonyl (C=O) groups is 1. The number of nitrogens with one attached hydrogen (secondary N) is 2. The Labute approximate surface area is 163 Å². The number of anilines is 1. The molecule has 3 rings (SSSR count). The van der Waals surface area contributed by atoms with Crippen LogP contribution in [0.2, 0.25) is 0 Å². The molecule has 0 bridgehead atoms. The molecule has 4 nitrogen and oxygen atoms in total. The summed E-state index contributed by atoms with van der Waals surface area (Å²) in [7, 11) is 0. The maximum atomic E-state index is 12.5. The van der Waals surface area contributed by atoms with Crippen molar-refractivity contribution in [3.8, 4) is 6.07 Å². The van der Waals surface area contributed by atoms with Crippen LogP contribution in [0.1, 0.15) is 50.8 Å². The third-order valence-corrected chi connectivity index (χ3v) is 6.08. The monoisotopic (exact) mass is 383 g/mol. The van der Waals surface area contributed by atoms with Crippen LogP contribution in [0.3, 0.4) is 0 Å². The second-order valence-electron chi connectivity index (χ2n) is 6.89. The molecule has 26 heavy (non-hydrogen) atoms. The van der Waals surface area contributed by atoms with Crippen molar-refractivity contribution in [2.75, 3.05) is 5.32 Å². The van der Waals surface area contributed by atoms with Gasteiger partial charge in [-0.15, -0.1) is 11.3 Å². The van der Waals surface area contributed by atoms with E-state index in [-0.39, 0.29) is 11.0 Å². The van der Waals surface area contributed by atoms with Crippen LogP contribution in [0.25, 0.3) is 0 Å². The number of amides is 1. The van der Waals surface area contributed by atoms with Gasteiger partial charge in [0.05, 0.1) is 5.56 Å². The standard InChI is InChI=1S/C20H21N3OS2/c1-11-4-6-14(13(3)8-11)18(24)22-20(25)23-19-16(10-21)15-7-5-12(2)9-17(15)26-19/h4,6,8,12H,5,7,9H2,1-3H3,(H2,22,23,24,25). The lowest BCUT2D eigenvalue weighted by Crippen LogP contribution is -2.34. The minimum atomic E-state index is -0.242. The first kappa shape index (κ1) is 18.6. The Morgan fingerprint density at radius 2 is 2.15 bits per heavy atom. The van der Waals surface area contributed by atoms with Crippen molar-refractivity contribution in [1.29, 1.82) is 5.26 Å². The van der Waals surface area contributed by atoms with Gasteiger partial charge in [0.2, 0.25) is 0 Å². The lowest BCUT2D eigenvalue weighted by molar-refractivity contribution is 0.0977. The first-order chi connectivity index (χ1) is 12.4. The number of hydrogen-bond donors (Lipinski definition) is 2. The van der Waals surface area contributed by atoms with E-state index in [1.54, 1.807) is 17.4 Å². The smallest absolute Gasteiger partial charge is 0.257 e. The van der Waals surface area contributed by atoms with Gasteiger partial charge >= 0.3 is 0 Å². The fourth-order valence-electron chi connectivity index (χ4n) is 3.33. The maximum Gasteiger partial charge on any atom is 0.257 e. The second-order valence-corrected chi connectivity index (χ2v) is 8.41. The minimum absolute atomic E-state index is 0.220. The Hall–Kier alpha value is -2.23. The number of aryl methyl sites for hydroxylation is 2. The highest BCUT2D eigenvalue weighted by atomic mass is 32.1. The molecule has 1 aliphatic rings. The first-order valence-electron chi connectivity index (χ1n) is 8.63. The predicted octanol–water partition coefficient (Wildman–Crippen LogP) is 4.49. The molecule has 0 saturated carbocycles. The number of hydrogen-bond acceptors (Lipinski definition) is 4. The molecule has 1 aromatic carbocycles. The number of fused-ring (bicyclic) bond motifs is 1. The van der Waals surface area contributed by atoms with Crippen molar-refractivity contribution < 1.29 is 4.79 Å². The van der Waals surface area contributed by atoms with E-state index in [0.29, 0.717) is 17.0 Å². The second kappa shape index (κ2) is 7.56. The molecule has 0 aliphatic heterocycles. The molecule has 1 atom stereocenters. The van der Waals surface area contributed by atoms with Gasteiger partial charge in [-0.3, -0.25) is 10.1 Å². The van der Waals surface area contributed by atoms with E-state index in [9.17, 15) is 10.1 Å². The van der Waals surface area contributed by atoms with Gasteiger partial charge in [-0.05, 0) is 68.4 Å². The molecule has 1 heterocycles. The first-order valence-corrected chi connectivity index (χ1v) is 9.85. The SMILES string of the molecule is Cc1ccc(C(=O)NC(=S)Nc2sc3c(c2C#N)CCC(C)C3)c(C)c1. The predicted molar refractivity (Wildman–Crippen MR) is 110 cm³/mol. The van der Waals surface area contributed by atoms with Crippen molar-refractivity contribution in [3.05, 3.63) is 50.9 Å². The van der Waals surface area contributed by atoms with Crippen LogP contribution in [0.5, 0.6) is 0 Å². The van der Waals surface area contributed by atoms with Crippen LogP contribution in [0.15, 0.2) is 18.2 Å². The van der Waals surface area contributed by atoms with Crippen molar-refractivity contribution in [3.63, 3.8) is 0 Å². The number of nitriles is 1. The third-order valence-electron chi connectivity index (χ3n) is 4.70. The maximum absolute atomic E-state index is 12.5. The Balaban J connectivity index is 1.74. The fourth-order valence-corrected chi connectivity index (χ4v) is 4.96. The largest absolute Gasteiger partial charge is 0.323 e. The van der Waals surface area contributed by atoms with Crippen LogP contribution < -0.4 is 10.6 Å². The van der Waals surface area contributed by atoms with Crippen LogP contribution in [0.4, 0.5) is 5.00 Å². The molecule has 2 aromatic rings. The van der Waals surface area contributed by atoms with Gasteiger partial charge in [0.25, 0.3) is 5.91 Å². The molecule has 2 N–H and O–H groups in total. The zero-order valence-electron chi connectivity index (χ0n) is 15.1. The summed E-state index contributed by atoms with van der Waals surface area (Å²) in [5.41, 5.74) is 4.42. The molecule has 134 valence electrons. The Morgan fingerprint density at radius 1 is 1.38 bits per heavy atom. The normalized spacial score (nSPS) is 15.7. The highest BCUT2D eigenvalue weighted by Crippen LogP contribution is 2.39. The lowest BCUT2D eigenvalue weighted by Gasteiger charge is -2.17. The Bertz CT molecular complexity index is 924. The van der Waals surface area contributed by atoms with Crippen LogP contribution in [-0.4, -0.2) is 11.0 Å². The number of benzene rings is 1. The van der Waals surface area contributed by atoms with E-state index in [1.165, 1.54) is 4.88 Å². The lowest BCUT2D eigenvalue weighted by atomic mass is 9.89. The summed E-state index contributed by atoms with van der Waals surface area (Å²) in [6.07, 6.45) is 3.03. The van der Waals surface area contributed by atoms with Crippen LogP contribution >= 0.6 is 23.6 Å². The summed E-state index contributed by atoms with van der Waals surface area (Å²) >= 11 is 6.88. The molecule has 0 radical (unpaired) electrons. The molecule has 1 amide bonds. The van der Waals surface area contributed by atoms with Crippen molar-refractivity contribution in [2.45, 2.75) is 40.0 Å². The zero-order valence-corrected chi connectivity index (χ0v) is 16.7. The van der Waals surface area contributed by atoms with Crippen molar-refractivity contribution in [2.24, 2.45) is 5.92 Å². The minimum Gasteiger partial charge on any atom is -0.323 e. The molecule has 1 aromatic heterocycles. The van der Waals surface area contributed by atoms with Crippen LogP contribution in [0, 0.1) is 31.1 Å². The number of thiocarbonyl (C=S) groups is 1. The molecular weight excluding hydrogens is 362 g/mol. The summed E-state index contributed by atoms with van der Waals surface area (Å²) in [6, 6.07) is 7.97. The van der Waals surface area contributed by atoms with Gasteiger partial charge in [0, 0.05) is 10.4 Å². The van der Waals surface area contributed by atoms with Crippen molar-refractivity contribution >= 4 is 39.6 Å². The Kier molecular flexibility index (Phi) is 5.40. The molecule has 1 aliphatic carbocycles. The molecular formula is C20H21N3OS2. The van der Waals surface area contributed by atoms with Gasteiger partial charge < -0.3 is 5.32 Å². The number of thiophene rings is 1. The topological polar surface area (TPSA) is 64.9 Å². The van der Waals surface area contributed by atoms with Crippen LogP contribution in [-0.2, 0) is 12.8 Å².